The van der Waals surface area contributed by atoms with Crippen molar-refractivity contribution in [2.45, 2.75) is 0 Å². The van der Waals surface area contributed by atoms with Gasteiger partial charge in [-0.15, -0.1) is 0 Å². The van der Waals surface area contributed by atoms with Crippen molar-refractivity contribution in [2.24, 2.45) is 0 Å². The molecule has 0 aliphatic rings. The first kappa shape index (κ1) is 11.3. The molecular weight excluding hydrogens is 188 g/mol. The molecule has 0 radical (unpaired) electrons. The van der Waals surface area contributed by atoms with Gasteiger partial charge in [-0.1, -0.05) is 12.2 Å². The Morgan fingerprint density at radius 3 is 2.93 bits per heavy atom. The lowest BCUT2D eigenvalue weighted by atomic mass is 10.1. The largest absolute Gasteiger partial charge is 0.497 e. The molecule has 0 fully saturated rings. The van der Waals surface area contributed by atoms with Crippen LogP contribution >= 0.6 is 0 Å². The van der Waals surface area contributed by atoms with Gasteiger partial charge in [-0.2, -0.15) is 5.26 Å². The number of hydrogen-bond acceptors (Lipinski definition) is 3. The Morgan fingerprint density at radius 1 is 1.53 bits per heavy atom. The van der Waals surface area contributed by atoms with Gasteiger partial charge in [-0.3, -0.25) is 0 Å². The third kappa shape index (κ3) is 3.12. The summed E-state index contributed by atoms with van der Waals surface area (Å²) in [5, 5.41) is 11.9. The average Bonchev–Trinajstić information content (AvgIpc) is 2.29. The lowest BCUT2D eigenvalue weighted by Crippen LogP contribution is -2.03. The summed E-state index contributed by atoms with van der Waals surface area (Å²) in [5.74, 6) is 0.762. The fourth-order valence-corrected chi connectivity index (χ4v) is 1.21. The number of hydrogen-bond donors (Lipinski definition) is 1. The van der Waals surface area contributed by atoms with Crippen LogP contribution in [0.1, 0.15) is 11.1 Å². The molecule has 1 N–H and O–H groups in total. The minimum absolute atomic E-state index is 0.656. The average molecular weight is 202 g/mol. The number of nitriles is 1. The van der Waals surface area contributed by atoms with Gasteiger partial charge in [0.1, 0.15) is 5.75 Å². The van der Waals surface area contributed by atoms with E-state index < -0.39 is 0 Å². The molecule has 0 saturated carbocycles. The molecule has 0 aromatic heterocycles. The molecule has 15 heavy (non-hydrogen) atoms. The molecule has 78 valence electrons. The van der Waals surface area contributed by atoms with Gasteiger partial charge in [0.15, 0.2) is 0 Å². The molecule has 0 aliphatic heterocycles. The van der Waals surface area contributed by atoms with Crippen LogP contribution in [0.4, 0.5) is 0 Å². The number of likely N-dealkylation sites (N-methyl/N-ethyl adjacent to an activating group) is 1. The quantitative estimate of drug-likeness (QED) is 0.809. The van der Waals surface area contributed by atoms with Crippen molar-refractivity contribution < 1.29 is 4.74 Å². The van der Waals surface area contributed by atoms with Crippen molar-refractivity contribution in [1.29, 1.82) is 5.26 Å². The lowest BCUT2D eigenvalue weighted by Gasteiger charge is -2.02. The molecule has 0 amide bonds. The smallest absolute Gasteiger partial charge is 0.119 e. The monoisotopic (exact) mass is 202 g/mol. The van der Waals surface area contributed by atoms with Crippen LogP contribution in [0.5, 0.6) is 5.75 Å². The van der Waals surface area contributed by atoms with E-state index >= 15 is 0 Å². The Morgan fingerprint density at radius 2 is 2.33 bits per heavy atom. The van der Waals surface area contributed by atoms with Crippen molar-refractivity contribution in [1.82, 2.24) is 5.32 Å². The van der Waals surface area contributed by atoms with Crippen LogP contribution < -0.4 is 10.1 Å². The first-order chi connectivity index (χ1) is 7.31. The summed E-state index contributed by atoms with van der Waals surface area (Å²) in [7, 11) is 3.49. The number of benzene rings is 1. The second-order valence-electron chi connectivity index (χ2n) is 3.03. The zero-order valence-electron chi connectivity index (χ0n) is 8.95. The summed E-state index contributed by atoms with van der Waals surface area (Å²) in [6.45, 7) is 0.780. The van der Waals surface area contributed by atoms with E-state index in [2.05, 4.69) is 11.4 Å². The van der Waals surface area contributed by atoms with Gasteiger partial charge in [0.25, 0.3) is 0 Å². The molecule has 1 aromatic carbocycles. The highest BCUT2D eigenvalue weighted by atomic mass is 16.5. The molecule has 0 unspecified atom stereocenters. The zero-order chi connectivity index (χ0) is 11.1. The van der Waals surface area contributed by atoms with Crippen LogP contribution in [0.15, 0.2) is 24.3 Å². The van der Waals surface area contributed by atoms with Gasteiger partial charge in [0, 0.05) is 6.54 Å². The SMILES string of the molecule is CNCC=Cc1cc(OC)ccc1C#N. The van der Waals surface area contributed by atoms with Crippen LogP contribution in [0.2, 0.25) is 0 Å². The molecule has 0 heterocycles. The van der Waals surface area contributed by atoms with Crippen LogP contribution in [0.25, 0.3) is 6.08 Å². The first-order valence-corrected chi connectivity index (χ1v) is 4.71. The minimum Gasteiger partial charge on any atom is -0.497 e. The van der Waals surface area contributed by atoms with Crippen LogP contribution in [-0.4, -0.2) is 20.7 Å². The predicted octanol–water partition coefficient (Wildman–Crippen LogP) is 1.80. The highest BCUT2D eigenvalue weighted by molar-refractivity contribution is 5.60. The third-order valence-electron chi connectivity index (χ3n) is 2.00. The van der Waals surface area contributed by atoms with Crippen molar-refractivity contribution in [3.63, 3.8) is 0 Å². The Bertz CT molecular complexity index is 391. The summed E-state index contributed by atoms with van der Waals surface area (Å²) in [6, 6.07) is 7.55. The molecule has 0 atom stereocenters. The number of rotatable bonds is 4. The number of nitrogens with zero attached hydrogens (tertiary/aromatic N) is 1. The fourth-order valence-electron chi connectivity index (χ4n) is 1.21. The van der Waals surface area contributed by atoms with Gasteiger partial charge >= 0.3 is 0 Å². The highest BCUT2D eigenvalue weighted by Crippen LogP contribution is 2.18. The maximum atomic E-state index is 8.90. The molecule has 3 nitrogen and oxygen atoms in total. The first-order valence-electron chi connectivity index (χ1n) is 4.71. The topological polar surface area (TPSA) is 45.0 Å². The number of ether oxygens (including phenoxy) is 1. The van der Waals surface area contributed by atoms with Crippen molar-refractivity contribution in [2.75, 3.05) is 20.7 Å². The van der Waals surface area contributed by atoms with Crippen molar-refractivity contribution in [3.05, 3.63) is 35.4 Å². The summed E-state index contributed by atoms with van der Waals surface area (Å²) in [4.78, 5) is 0. The predicted molar refractivity (Wildman–Crippen MR) is 60.7 cm³/mol. The van der Waals surface area contributed by atoms with E-state index in [0.29, 0.717) is 5.56 Å². The Hall–Kier alpha value is -1.79. The Kier molecular flexibility index (Phi) is 4.39. The third-order valence-corrected chi connectivity index (χ3v) is 2.00. The molecular formula is C12H14N2O. The Balaban J connectivity index is 2.97. The molecule has 3 heteroatoms. The standard InChI is InChI=1S/C12H14N2O/c1-14-7-3-4-10-8-12(15-2)6-5-11(10)9-13/h3-6,8,14H,7H2,1-2H3. The van der Waals surface area contributed by atoms with Gasteiger partial charge in [-0.05, 0) is 30.8 Å². The van der Waals surface area contributed by atoms with E-state index in [-0.39, 0.29) is 0 Å². The molecule has 0 bridgehead atoms. The Labute approximate surface area is 90.0 Å². The second-order valence-corrected chi connectivity index (χ2v) is 3.03. The number of methoxy groups -OCH3 is 1. The van der Waals surface area contributed by atoms with Crippen molar-refractivity contribution in [3.8, 4) is 11.8 Å². The van der Waals surface area contributed by atoms with Gasteiger partial charge < -0.3 is 10.1 Å². The fraction of sp³-hybridized carbons (Fsp3) is 0.250. The lowest BCUT2D eigenvalue weighted by molar-refractivity contribution is 0.414. The van der Waals surface area contributed by atoms with Crippen molar-refractivity contribution >= 4 is 6.08 Å². The highest BCUT2D eigenvalue weighted by Gasteiger charge is 2.00. The molecule has 1 rings (SSSR count). The van der Waals surface area contributed by atoms with E-state index in [1.807, 2.05) is 25.3 Å². The van der Waals surface area contributed by atoms with Gasteiger partial charge in [0.05, 0.1) is 18.7 Å². The maximum Gasteiger partial charge on any atom is 0.119 e. The number of nitrogens with one attached hydrogen (secondary N) is 1. The maximum absolute atomic E-state index is 8.90. The summed E-state index contributed by atoms with van der Waals surface area (Å²) in [5.41, 5.74) is 1.54. The van der Waals surface area contributed by atoms with Crippen LogP contribution in [-0.2, 0) is 0 Å². The molecule has 0 spiro atoms. The van der Waals surface area contributed by atoms with E-state index in [9.17, 15) is 0 Å². The second kappa shape index (κ2) is 5.84. The molecule has 0 aliphatic carbocycles. The normalized spacial score (nSPS) is 10.2. The van der Waals surface area contributed by atoms with E-state index in [4.69, 9.17) is 10.00 Å². The van der Waals surface area contributed by atoms with E-state index in [1.165, 1.54) is 0 Å². The summed E-state index contributed by atoms with van der Waals surface area (Å²) in [6.07, 6.45) is 3.88. The van der Waals surface area contributed by atoms with E-state index in [1.54, 1.807) is 19.2 Å². The van der Waals surface area contributed by atoms with Gasteiger partial charge in [0.2, 0.25) is 0 Å². The van der Waals surface area contributed by atoms with Crippen LogP contribution in [0.3, 0.4) is 0 Å². The van der Waals surface area contributed by atoms with Crippen LogP contribution in [0, 0.1) is 11.3 Å². The van der Waals surface area contributed by atoms with E-state index in [0.717, 1.165) is 17.9 Å². The summed E-state index contributed by atoms with van der Waals surface area (Å²) < 4.78 is 5.10. The molecule has 1 aromatic rings. The zero-order valence-corrected chi connectivity index (χ0v) is 8.95. The summed E-state index contributed by atoms with van der Waals surface area (Å²) >= 11 is 0. The minimum atomic E-state index is 0.656. The van der Waals surface area contributed by atoms with Gasteiger partial charge in [-0.25, -0.2) is 0 Å². The molecule has 0 saturated heterocycles.